The van der Waals surface area contributed by atoms with E-state index in [2.05, 4.69) is 31.5 Å². The molecule has 0 aliphatic carbocycles. The van der Waals surface area contributed by atoms with Gasteiger partial charge in [-0.3, -0.25) is 4.79 Å². The summed E-state index contributed by atoms with van der Waals surface area (Å²) in [5.74, 6) is -1.26. The van der Waals surface area contributed by atoms with E-state index in [0.29, 0.717) is 4.47 Å². The quantitative estimate of drug-likeness (QED) is 0.845. The van der Waals surface area contributed by atoms with E-state index >= 15 is 0 Å². The molecule has 1 aromatic carbocycles. The van der Waals surface area contributed by atoms with Crippen LogP contribution in [0.1, 0.15) is 6.42 Å². The first kappa shape index (κ1) is 15.5. The maximum absolute atomic E-state index is 14.0. The van der Waals surface area contributed by atoms with E-state index in [1.54, 1.807) is 12.1 Å². The third-order valence-corrected chi connectivity index (χ3v) is 3.31. The Labute approximate surface area is 127 Å². The lowest BCUT2D eigenvalue weighted by molar-refractivity contribution is -0.140. The molecular formula is C12H12BrFN4O3. The van der Waals surface area contributed by atoms with Crippen molar-refractivity contribution >= 4 is 21.9 Å². The second-order valence-corrected chi connectivity index (χ2v) is 5.18. The molecule has 1 heterocycles. The number of carboxylic acids is 1. The number of carbonyl (C=O) groups is 1. The van der Waals surface area contributed by atoms with Gasteiger partial charge in [-0.15, -0.1) is 5.10 Å². The van der Waals surface area contributed by atoms with Crippen molar-refractivity contribution in [2.45, 2.75) is 19.1 Å². The van der Waals surface area contributed by atoms with Gasteiger partial charge in [0.15, 0.2) is 5.82 Å². The standard InChI is InChI=1S/C12H12BrFN4O3/c1-21-8(5-11(19)20)6-18-12(15-16-17-18)9-3-2-7(13)4-10(9)14/h2-4,8H,5-6H2,1H3,(H,19,20). The Kier molecular flexibility index (Phi) is 4.97. The zero-order valence-electron chi connectivity index (χ0n) is 11.0. The second-order valence-electron chi connectivity index (χ2n) is 4.26. The van der Waals surface area contributed by atoms with Gasteiger partial charge in [0.25, 0.3) is 0 Å². The average Bonchev–Trinajstić information content (AvgIpc) is 2.85. The summed E-state index contributed by atoms with van der Waals surface area (Å²) in [6.07, 6.45) is -0.804. The van der Waals surface area contributed by atoms with E-state index in [4.69, 9.17) is 9.84 Å². The molecule has 0 aliphatic rings. The number of methoxy groups -OCH3 is 1. The first-order valence-electron chi connectivity index (χ1n) is 5.97. The normalized spacial score (nSPS) is 12.3. The van der Waals surface area contributed by atoms with Crippen LogP contribution in [-0.2, 0) is 16.1 Å². The lowest BCUT2D eigenvalue weighted by atomic mass is 10.2. The van der Waals surface area contributed by atoms with Crippen molar-refractivity contribution in [3.8, 4) is 11.4 Å². The number of hydrogen-bond acceptors (Lipinski definition) is 5. The number of rotatable bonds is 6. The zero-order valence-corrected chi connectivity index (χ0v) is 12.6. The Morgan fingerprint density at radius 2 is 2.33 bits per heavy atom. The van der Waals surface area contributed by atoms with Gasteiger partial charge in [-0.1, -0.05) is 15.9 Å². The highest BCUT2D eigenvalue weighted by atomic mass is 79.9. The van der Waals surface area contributed by atoms with Crippen molar-refractivity contribution in [1.29, 1.82) is 0 Å². The second kappa shape index (κ2) is 6.72. The highest BCUT2D eigenvalue weighted by Crippen LogP contribution is 2.23. The van der Waals surface area contributed by atoms with Gasteiger partial charge >= 0.3 is 5.97 Å². The van der Waals surface area contributed by atoms with Gasteiger partial charge < -0.3 is 9.84 Å². The molecule has 21 heavy (non-hydrogen) atoms. The van der Waals surface area contributed by atoms with Crippen LogP contribution in [0.25, 0.3) is 11.4 Å². The number of aliphatic carboxylic acids is 1. The van der Waals surface area contributed by atoms with Crippen molar-refractivity contribution < 1.29 is 19.0 Å². The van der Waals surface area contributed by atoms with E-state index in [0.717, 1.165) is 0 Å². The number of halogens is 2. The van der Waals surface area contributed by atoms with Gasteiger partial charge in [-0.05, 0) is 28.6 Å². The molecule has 1 atom stereocenters. The highest BCUT2D eigenvalue weighted by molar-refractivity contribution is 9.10. The van der Waals surface area contributed by atoms with E-state index in [1.807, 2.05) is 0 Å². The number of ether oxygens (including phenoxy) is 1. The monoisotopic (exact) mass is 358 g/mol. The summed E-state index contributed by atoms with van der Waals surface area (Å²) < 4.78 is 21.0. The third kappa shape index (κ3) is 3.82. The van der Waals surface area contributed by atoms with Crippen LogP contribution in [-0.4, -0.2) is 44.5 Å². The maximum atomic E-state index is 14.0. The summed E-state index contributed by atoms with van der Waals surface area (Å²) >= 11 is 3.17. The number of aromatic nitrogens is 4. The lowest BCUT2D eigenvalue weighted by Crippen LogP contribution is -2.23. The molecule has 7 nitrogen and oxygen atoms in total. The van der Waals surface area contributed by atoms with Gasteiger partial charge in [-0.2, -0.15) is 0 Å². The number of hydrogen-bond donors (Lipinski definition) is 1. The minimum absolute atomic E-state index is 0.112. The van der Waals surface area contributed by atoms with Crippen molar-refractivity contribution in [2.24, 2.45) is 0 Å². The molecular weight excluding hydrogens is 347 g/mol. The molecule has 1 aromatic heterocycles. The van der Waals surface area contributed by atoms with Gasteiger partial charge in [0.05, 0.1) is 24.6 Å². The SMILES string of the molecule is COC(CC(=O)O)Cn1nnnc1-c1ccc(Br)cc1F. The molecule has 0 amide bonds. The highest BCUT2D eigenvalue weighted by Gasteiger charge is 2.19. The fourth-order valence-corrected chi connectivity index (χ4v) is 2.13. The van der Waals surface area contributed by atoms with E-state index in [1.165, 1.54) is 17.9 Å². The Morgan fingerprint density at radius 3 is 2.95 bits per heavy atom. The number of tetrazole rings is 1. The van der Waals surface area contributed by atoms with Crippen LogP contribution in [0, 0.1) is 5.82 Å². The van der Waals surface area contributed by atoms with Gasteiger partial charge in [-0.25, -0.2) is 9.07 Å². The molecule has 1 N–H and O–H groups in total. The average molecular weight is 359 g/mol. The van der Waals surface area contributed by atoms with Crippen LogP contribution >= 0.6 is 15.9 Å². The molecule has 0 bridgehead atoms. The lowest BCUT2D eigenvalue weighted by Gasteiger charge is -2.13. The fourth-order valence-electron chi connectivity index (χ4n) is 1.80. The summed E-state index contributed by atoms with van der Waals surface area (Å²) in [7, 11) is 1.40. The zero-order chi connectivity index (χ0) is 15.4. The molecule has 0 aliphatic heterocycles. The predicted molar refractivity (Wildman–Crippen MR) is 74.0 cm³/mol. The first-order valence-corrected chi connectivity index (χ1v) is 6.76. The Bertz CT molecular complexity index is 649. The molecule has 0 spiro atoms. The van der Waals surface area contributed by atoms with Crippen LogP contribution in [0.4, 0.5) is 4.39 Å². The summed E-state index contributed by atoms with van der Waals surface area (Å²) in [6, 6.07) is 4.52. The third-order valence-electron chi connectivity index (χ3n) is 2.82. The molecule has 2 aromatic rings. The Balaban J connectivity index is 2.27. The number of carboxylic acid groups (broad SMARTS) is 1. The minimum Gasteiger partial charge on any atom is -0.481 e. The summed E-state index contributed by atoms with van der Waals surface area (Å²) in [6.45, 7) is 0.112. The van der Waals surface area contributed by atoms with Gasteiger partial charge in [0.2, 0.25) is 0 Å². The minimum atomic E-state index is -0.994. The van der Waals surface area contributed by atoms with Crippen LogP contribution in [0.15, 0.2) is 22.7 Å². The molecule has 0 radical (unpaired) electrons. The largest absolute Gasteiger partial charge is 0.481 e. The van der Waals surface area contributed by atoms with Crippen molar-refractivity contribution in [3.63, 3.8) is 0 Å². The smallest absolute Gasteiger partial charge is 0.306 e. The van der Waals surface area contributed by atoms with E-state index in [-0.39, 0.29) is 24.4 Å². The summed E-state index contributed by atoms with van der Waals surface area (Å²) in [5, 5.41) is 19.9. The van der Waals surface area contributed by atoms with Crippen LogP contribution in [0.2, 0.25) is 0 Å². The predicted octanol–water partition coefficient (Wildman–Crippen LogP) is 1.73. The molecule has 0 fully saturated rings. The van der Waals surface area contributed by atoms with Crippen molar-refractivity contribution in [1.82, 2.24) is 20.2 Å². The Morgan fingerprint density at radius 1 is 1.57 bits per heavy atom. The molecule has 0 saturated heterocycles. The van der Waals surface area contributed by atoms with E-state index in [9.17, 15) is 9.18 Å². The Hall–Kier alpha value is -1.87. The number of benzene rings is 1. The van der Waals surface area contributed by atoms with Crippen molar-refractivity contribution in [3.05, 3.63) is 28.5 Å². The fraction of sp³-hybridized carbons (Fsp3) is 0.333. The summed E-state index contributed by atoms with van der Waals surface area (Å²) in [4.78, 5) is 10.7. The first-order chi connectivity index (χ1) is 10.0. The van der Waals surface area contributed by atoms with Gasteiger partial charge in [0.1, 0.15) is 5.82 Å². The topological polar surface area (TPSA) is 90.1 Å². The molecule has 2 rings (SSSR count). The molecule has 9 heteroatoms. The number of nitrogens with zero attached hydrogens (tertiary/aromatic N) is 4. The summed E-state index contributed by atoms with van der Waals surface area (Å²) in [5.41, 5.74) is 0.230. The maximum Gasteiger partial charge on any atom is 0.306 e. The van der Waals surface area contributed by atoms with Gasteiger partial charge in [0, 0.05) is 11.6 Å². The van der Waals surface area contributed by atoms with Crippen LogP contribution in [0.5, 0.6) is 0 Å². The molecule has 1 unspecified atom stereocenters. The molecule has 0 saturated carbocycles. The molecule has 112 valence electrons. The van der Waals surface area contributed by atoms with Crippen molar-refractivity contribution in [2.75, 3.05) is 7.11 Å². The van der Waals surface area contributed by atoms with E-state index < -0.39 is 17.9 Å². The van der Waals surface area contributed by atoms with Crippen LogP contribution < -0.4 is 0 Å². The van der Waals surface area contributed by atoms with Crippen LogP contribution in [0.3, 0.4) is 0 Å².